The Morgan fingerprint density at radius 1 is 0.955 bits per heavy atom. The Labute approximate surface area is 133 Å². The van der Waals surface area contributed by atoms with Crippen LogP contribution in [0.4, 0.5) is 0 Å². The third-order valence-electron chi connectivity index (χ3n) is 3.62. The molecule has 2 nitrogen and oxygen atoms in total. The zero-order valence-electron chi connectivity index (χ0n) is 14.0. The number of hydrogen-bond donors (Lipinski definition) is 1. The van der Waals surface area contributed by atoms with Crippen LogP contribution >= 0.6 is 0 Å². The van der Waals surface area contributed by atoms with Gasteiger partial charge >= 0.3 is 0 Å². The highest BCUT2D eigenvalue weighted by atomic mass is 16.3. The molecule has 0 radical (unpaired) electrons. The van der Waals surface area contributed by atoms with Crippen LogP contribution < -0.4 is 0 Å². The van der Waals surface area contributed by atoms with E-state index in [1.54, 1.807) is 12.1 Å². The van der Waals surface area contributed by atoms with Crippen LogP contribution in [0.3, 0.4) is 0 Å². The smallest absolute Gasteiger partial charge is 0.188 e. The third kappa shape index (κ3) is 4.81. The van der Waals surface area contributed by atoms with Gasteiger partial charge in [-0.25, -0.2) is 0 Å². The Bertz CT molecular complexity index is 568. The minimum Gasteiger partial charge on any atom is -0.388 e. The van der Waals surface area contributed by atoms with E-state index < -0.39 is 6.61 Å². The van der Waals surface area contributed by atoms with Gasteiger partial charge in [-0.3, -0.25) is 4.79 Å². The van der Waals surface area contributed by atoms with Gasteiger partial charge in [-0.2, -0.15) is 0 Å². The first-order chi connectivity index (χ1) is 10.5. The van der Waals surface area contributed by atoms with Crippen LogP contribution in [-0.2, 0) is 11.8 Å². The number of benzene rings is 2. The van der Waals surface area contributed by atoms with Crippen LogP contribution in [0, 0.1) is 0 Å². The van der Waals surface area contributed by atoms with E-state index in [1.807, 2.05) is 32.0 Å². The Balaban J connectivity index is 0.00000116. The molecule has 0 aliphatic rings. The number of aliphatic hydroxyl groups is 1. The van der Waals surface area contributed by atoms with Gasteiger partial charge in [0, 0.05) is 5.56 Å². The molecule has 0 aliphatic heterocycles. The first kappa shape index (κ1) is 18.1. The maximum atomic E-state index is 11.4. The van der Waals surface area contributed by atoms with Crippen molar-refractivity contribution in [2.24, 2.45) is 0 Å². The lowest BCUT2D eigenvalue weighted by molar-refractivity contribution is 0.0903. The fourth-order valence-corrected chi connectivity index (χ4v) is 2.40. The summed E-state index contributed by atoms with van der Waals surface area (Å²) in [4.78, 5) is 11.4. The van der Waals surface area contributed by atoms with Gasteiger partial charge in [-0.05, 0) is 23.0 Å². The summed E-state index contributed by atoms with van der Waals surface area (Å²) in [6.45, 7) is 8.00. The molecule has 0 saturated heterocycles. The zero-order valence-corrected chi connectivity index (χ0v) is 14.0. The van der Waals surface area contributed by atoms with Gasteiger partial charge in [0.15, 0.2) is 5.78 Å². The molecule has 0 unspecified atom stereocenters. The van der Waals surface area contributed by atoms with Crippen molar-refractivity contribution in [2.75, 3.05) is 6.61 Å². The molecule has 0 aliphatic carbocycles. The summed E-state index contributed by atoms with van der Waals surface area (Å²) in [7, 11) is 0. The van der Waals surface area contributed by atoms with E-state index in [0.717, 1.165) is 6.42 Å². The van der Waals surface area contributed by atoms with Crippen molar-refractivity contribution in [3.8, 4) is 0 Å². The van der Waals surface area contributed by atoms with Crippen LogP contribution in [-0.4, -0.2) is 17.5 Å². The standard InChI is InChI=1S/C18H20O2.C2H6/c1-18(2,16-6-4-3-5-7-16)12-14-8-10-15(11-9-14)17(20)13-19;1-2/h3-11,19H,12-13H2,1-2H3;1-2H3. The molecule has 1 N–H and O–H groups in total. The summed E-state index contributed by atoms with van der Waals surface area (Å²) < 4.78 is 0. The molecule has 0 aromatic heterocycles. The summed E-state index contributed by atoms with van der Waals surface area (Å²) in [6.07, 6.45) is 0.907. The first-order valence-corrected chi connectivity index (χ1v) is 7.81. The molecule has 118 valence electrons. The minimum absolute atomic E-state index is 0.0454. The van der Waals surface area contributed by atoms with E-state index in [1.165, 1.54) is 11.1 Å². The van der Waals surface area contributed by atoms with E-state index >= 15 is 0 Å². The second kappa shape index (κ2) is 8.50. The molecular formula is C20H26O2. The van der Waals surface area contributed by atoms with Crippen molar-refractivity contribution in [1.29, 1.82) is 0 Å². The number of rotatable bonds is 5. The molecule has 2 aromatic carbocycles. The molecule has 0 spiro atoms. The molecule has 2 aromatic rings. The van der Waals surface area contributed by atoms with Crippen molar-refractivity contribution in [3.05, 3.63) is 71.3 Å². The summed E-state index contributed by atoms with van der Waals surface area (Å²) >= 11 is 0. The molecule has 0 bridgehead atoms. The second-order valence-electron chi connectivity index (χ2n) is 5.70. The fraction of sp³-hybridized carbons (Fsp3) is 0.350. The molecule has 22 heavy (non-hydrogen) atoms. The van der Waals surface area contributed by atoms with Gasteiger partial charge in [0.1, 0.15) is 6.61 Å². The zero-order chi connectivity index (χ0) is 16.6. The number of aliphatic hydroxyl groups excluding tert-OH is 1. The van der Waals surface area contributed by atoms with Crippen molar-refractivity contribution in [3.63, 3.8) is 0 Å². The van der Waals surface area contributed by atoms with Gasteiger partial charge in [-0.1, -0.05) is 82.3 Å². The highest BCUT2D eigenvalue weighted by Crippen LogP contribution is 2.27. The monoisotopic (exact) mass is 298 g/mol. The predicted octanol–water partition coefficient (Wildman–Crippen LogP) is 4.41. The van der Waals surface area contributed by atoms with E-state index in [4.69, 9.17) is 5.11 Å². The number of hydrogen-bond acceptors (Lipinski definition) is 2. The summed E-state index contributed by atoms with van der Waals surface area (Å²) in [6, 6.07) is 17.9. The highest BCUT2D eigenvalue weighted by molar-refractivity contribution is 5.96. The molecule has 2 rings (SSSR count). The summed E-state index contributed by atoms with van der Waals surface area (Å²) in [5.74, 6) is -0.237. The van der Waals surface area contributed by atoms with Crippen molar-refractivity contribution in [2.45, 2.75) is 39.5 Å². The predicted molar refractivity (Wildman–Crippen MR) is 92.4 cm³/mol. The van der Waals surface area contributed by atoms with E-state index in [2.05, 4.69) is 38.1 Å². The lowest BCUT2D eigenvalue weighted by Crippen LogP contribution is -2.20. The Morgan fingerprint density at radius 3 is 2.00 bits per heavy atom. The summed E-state index contributed by atoms with van der Waals surface area (Å²) in [5.41, 5.74) is 3.10. The molecular weight excluding hydrogens is 272 g/mol. The maximum Gasteiger partial charge on any atom is 0.188 e. The lowest BCUT2D eigenvalue weighted by Gasteiger charge is -2.25. The van der Waals surface area contributed by atoms with Crippen LogP contribution in [0.5, 0.6) is 0 Å². The maximum absolute atomic E-state index is 11.4. The third-order valence-corrected chi connectivity index (χ3v) is 3.62. The van der Waals surface area contributed by atoms with E-state index in [-0.39, 0.29) is 11.2 Å². The van der Waals surface area contributed by atoms with Gasteiger partial charge in [0.2, 0.25) is 0 Å². The van der Waals surface area contributed by atoms with Gasteiger partial charge in [-0.15, -0.1) is 0 Å². The second-order valence-corrected chi connectivity index (χ2v) is 5.70. The van der Waals surface area contributed by atoms with Crippen LogP contribution in [0.15, 0.2) is 54.6 Å². The highest BCUT2D eigenvalue weighted by Gasteiger charge is 2.20. The molecule has 0 amide bonds. The van der Waals surface area contributed by atoms with Crippen molar-refractivity contribution in [1.82, 2.24) is 0 Å². The Hall–Kier alpha value is -1.93. The molecule has 0 atom stereocenters. The Morgan fingerprint density at radius 2 is 1.50 bits per heavy atom. The minimum atomic E-state index is -0.436. The van der Waals surface area contributed by atoms with Crippen LogP contribution in [0.25, 0.3) is 0 Å². The van der Waals surface area contributed by atoms with Crippen LogP contribution in [0.1, 0.15) is 49.2 Å². The Kier molecular flexibility index (Phi) is 7.00. The number of Topliss-reactive ketones (excluding diaryl/α,β-unsaturated/α-hetero) is 1. The average molecular weight is 298 g/mol. The molecule has 0 saturated carbocycles. The SMILES string of the molecule is CC.CC(C)(Cc1ccc(C(=O)CO)cc1)c1ccccc1. The van der Waals surface area contributed by atoms with Crippen molar-refractivity contribution >= 4 is 5.78 Å². The lowest BCUT2D eigenvalue weighted by atomic mass is 9.79. The first-order valence-electron chi connectivity index (χ1n) is 7.81. The normalized spacial score (nSPS) is 10.6. The van der Waals surface area contributed by atoms with Gasteiger partial charge in [0.25, 0.3) is 0 Å². The number of carbonyl (C=O) groups excluding carboxylic acids is 1. The molecule has 2 heteroatoms. The number of carbonyl (C=O) groups is 1. The van der Waals surface area contributed by atoms with E-state index in [9.17, 15) is 4.79 Å². The molecule has 0 heterocycles. The van der Waals surface area contributed by atoms with Gasteiger partial charge in [0.05, 0.1) is 0 Å². The fourth-order valence-electron chi connectivity index (χ4n) is 2.40. The van der Waals surface area contributed by atoms with Gasteiger partial charge < -0.3 is 5.11 Å². The topological polar surface area (TPSA) is 37.3 Å². The average Bonchev–Trinajstić information content (AvgIpc) is 2.57. The summed E-state index contributed by atoms with van der Waals surface area (Å²) in [5, 5.41) is 8.84. The molecule has 0 fully saturated rings. The largest absolute Gasteiger partial charge is 0.388 e. The van der Waals surface area contributed by atoms with Crippen molar-refractivity contribution < 1.29 is 9.90 Å². The number of ketones is 1. The van der Waals surface area contributed by atoms with Crippen LogP contribution in [0.2, 0.25) is 0 Å². The van der Waals surface area contributed by atoms with E-state index in [0.29, 0.717) is 5.56 Å². The quantitative estimate of drug-likeness (QED) is 0.830.